The predicted octanol–water partition coefficient (Wildman–Crippen LogP) is 3.12. The minimum Gasteiger partial charge on any atom is -0.356 e. The monoisotopic (exact) mass is 207 g/mol. The highest BCUT2D eigenvalue weighted by Crippen LogP contribution is 2.19. The van der Waals surface area contributed by atoms with E-state index in [2.05, 4.69) is 17.5 Å². The first kappa shape index (κ1) is 9.59. The van der Waals surface area contributed by atoms with Gasteiger partial charge in [0.05, 0.1) is 5.69 Å². The van der Waals surface area contributed by atoms with E-state index in [1.54, 1.807) is 0 Å². The summed E-state index contributed by atoms with van der Waals surface area (Å²) >= 11 is 1.87. The van der Waals surface area contributed by atoms with Gasteiger partial charge in [-0.2, -0.15) is 11.8 Å². The molecule has 2 aromatic rings. The summed E-state index contributed by atoms with van der Waals surface area (Å²) in [6, 6.07) is 8.03. The van der Waals surface area contributed by atoms with E-state index in [1.165, 1.54) is 5.75 Å². The van der Waals surface area contributed by atoms with Crippen molar-refractivity contribution in [2.75, 3.05) is 12.0 Å². The largest absolute Gasteiger partial charge is 0.356 e. The fraction of sp³-hybridized carbons (Fsp3) is 0.364. The molecular formula is C11H13NOS. The second kappa shape index (κ2) is 4.51. The van der Waals surface area contributed by atoms with Crippen LogP contribution in [0, 0.1) is 0 Å². The molecule has 0 bridgehead atoms. The Morgan fingerprint density at radius 1 is 1.36 bits per heavy atom. The summed E-state index contributed by atoms with van der Waals surface area (Å²) < 4.78 is 5.22. The second-order valence-electron chi connectivity index (χ2n) is 3.22. The fourth-order valence-corrected chi connectivity index (χ4v) is 1.94. The Bertz CT molecular complexity index is 410. The summed E-state index contributed by atoms with van der Waals surface area (Å²) in [5.74, 6) is 1.18. The Kier molecular flexibility index (Phi) is 3.09. The maximum Gasteiger partial charge on any atom is 0.167 e. The zero-order valence-corrected chi connectivity index (χ0v) is 9.01. The third-order valence-corrected chi connectivity index (χ3v) is 2.91. The number of thioether (sulfide) groups is 1. The molecule has 0 aliphatic rings. The van der Waals surface area contributed by atoms with Crippen LogP contribution in [0.1, 0.15) is 12.1 Å². The molecule has 0 amide bonds. The van der Waals surface area contributed by atoms with Gasteiger partial charge >= 0.3 is 0 Å². The number of hydrogen-bond donors (Lipinski definition) is 0. The van der Waals surface area contributed by atoms with Crippen LogP contribution in [-0.2, 0) is 6.42 Å². The van der Waals surface area contributed by atoms with E-state index in [1.807, 2.05) is 30.0 Å². The Hall–Kier alpha value is -0.960. The van der Waals surface area contributed by atoms with Crippen molar-refractivity contribution in [2.24, 2.45) is 0 Å². The molecule has 0 saturated carbocycles. The van der Waals surface area contributed by atoms with Crippen molar-refractivity contribution >= 4 is 22.7 Å². The molecule has 74 valence electrons. The Morgan fingerprint density at radius 2 is 2.21 bits per heavy atom. The molecule has 0 N–H and O–H groups in total. The van der Waals surface area contributed by atoms with Crippen LogP contribution in [0.4, 0.5) is 0 Å². The lowest BCUT2D eigenvalue weighted by Crippen LogP contribution is -1.87. The van der Waals surface area contributed by atoms with E-state index in [4.69, 9.17) is 4.52 Å². The van der Waals surface area contributed by atoms with Crippen LogP contribution in [0.3, 0.4) is 0 Å². The quantitative estimate of drug-likeness (QED) is 0.720. The van der Waals surface area contributed by atoms with Crippen LogP contribution in [0.2, 0.25) is 0 Å². The van der Waals surface area contributed by atoms with Crippen LogP contribution < -0.4 is 0 Å². The summed E-state index contributed by atoms with van der Waals surface area (Å²) in [5.41, 5.74) is 1.99. The van der Waals surface area contributed by atoms with Crippen molar-refractivity contribution in [3.8, 4) is 0 Å². The summed E-state index contributed by atoms with van der Waals surface area (Å²) in [7, 11) is 0. The van der Waals surface area contributed by atoms with Gasteiger partial charge < -0.3 is 4.52 Å². The minimum absolute atomic E-state index is 0.895. The number of aryl methyl sites for hydroxylation is 1. The highest BCUT2D eigenvalue weighted by Gasteiger charge is 2.05. The summed E-state index contributed by atoms with van der Waals surface area (Å²) in [6.45, 7) is 0. The molecule has 0 unspecified atom stereocenters. The third kappa shape index (κ3) is 1.93. The predicted molar refractivity (Wildman–Crippen MR) is 60.7 cm³/mol. The lowest BCUT2D eigenvalue weighted by molar-refractivity contribution is 0.445. The zero-order chi connectivity index (χ0) is 9.80. The molecule has 2 nitrogen and oxygen atoms in total. The minimum atomic E-state index is 0.895. The molecular weight excluding hydrogens is 194 g/mol. The highest BCUT2D eigenvalue weighted by molar-refractivity contribution is 7.98. The summed E-state index contributed by atoms with van der Waals surface area (Å²) in [6.07, 6.45) is 4.30. The lowest BCUT2D eigenvalue weighted by Gasteiger charge is -1.94. The van der Waals surface area contributed by atoms with Crippen LogP contribution >= 0.6 is 11.8 Å². The van der Waals surface area contributed by atoms with Gasteiger partial charge in [0.1, 0.15) is 0 Å². The van der Waals surface area contributed by atoms with Gasteiger partial charge in [-0.05, 0) is 37.0 Å². The van der Waals surface area contributed by atoms with Crippen LogP contribution in [-0.4, -0.2) is 17.2 Å². The molecule has 2 rings (SSSR count). The normalized spacial score (nSPS) is 10.9. The number of para-hydroxylation sites is 1. The van der Waals surface area contributed by atoms with Crippen molar-refractivity contribution in [1.29, 1.82) is 0 Å². The van der Waals surface area contributed by atoms with Crippen molar-refractivity contribution in [2.45, 2.75) is 12.8 Å². The number of nitrogens with zero attached hydrogens (tertiary/aromatic N) is 1. The van der Waals surface area contributed by atoms with Gasteiger partial charge in [0.15, 0.2) is 5.58 Å². The molecule has 1 heterocycles. The summed E-state index contributed by atoms with van der Waals surface area (Å²) in [5, 5.41) is 5.24. The maximum atomic E-state index is 5.22. The molecule has 0 atom stereocenters. The molecule has 0 aliphatic heterocycles. The molecule has 0 saturated heterocycles. The molecule has 1 aromatic heterocycles. The number of fused-ring (bicyclic) bond motifs is 1. The highest BCUT2D eigenvalue weighted by atomic mass is 32.2. The maximum absolute atomic E-state index is 5.22. The van der Waals surface area contributed by atoms with E-state index >= 15 is 0 Å². The average Bonchev–Trinajstić information content (AvgIpc) is 2.63. The molecule has 1 aromatic carbocycles. The van der Waals surface area contributed by atoms with Gasteiger partial charge in [0.25, 0.3) is 0 Å². The Morgan fingerprint density at radius 3 is 3.07 bits per heavy atom. The van der Waals surface area contributed by atoms with Crippen molar-refractivity contribution in [3.63, 3.8) is 0 Å². The Labute approximate surface area is 87.7 Å². The van der Waals surface area contributed by atoms with Crippen molar-refractivity contribution in [3.05, 3.63) is 30.0 Å². The van der Waals surface area contributed by atoms with Gasteiger partial charge in [-0.15, -0.1) is 0 Å². The smallest absolute Gasteiger partial charge is 0.167 e. The van der Waals surface area contributed by atoms with Gasteiger partial charge in [0.2, 0.25) is 0 Å². The SMILES string of the molecule is CSCCCc1noc2ccccc12. The average molecular weight is 207 g/mol. The Balaban J connectivity index is 2.17. The number of aromatic nitrogens is 1. The van der Waals surface area contributed by atoms with Crippen molar-refractivity contribution in [1.82, 2.24) is 5.16 Å². The third-order valence-electron chi connectivity index (χ3n) is 2.21. The van der Waals surface area contributed by atoms with Gasteiger partial charge in [-0.1, -0.05) is 17.3 Å². The van der Waals surface area contributed by atoms with E-state index < -0.39 is 0 Å². The second-order valence-corrected chi connectivity index (χ2v) is 4.21. The van der Waals surface area contributed by atoms with Crippen LogP contribution in [0.25, 0.3) is 11.0 Å². The van der Waals surface area contributed by atoms with E-state index in [-0.39, 0.29) is 0 Å². The van der Waals surface area contributed by atoms with Gasteiger partial charge in [0, 0.05) is 5.39 Å². The molecule has 0 fully saturated rings. The topological polar surface area (TPSA) is 26.0 Å². The van der Waals surface area contributed by atoms with Crippen molar-refractivity contribution < 1.29 is 4.52 Å². The zero-order valence-electron chi connectivity index (χ0n) is 8.19. The first-order valence-electron chi connectivity index (χ1n) is 4.74. The first-order valence-corrected chi connectivity index (χ1v) is 6.13. The van der Waals surface area contributed by atoms with Gasteiger partial charge in [-0.3, -0.25) is 0 Å². The van der Waals surface area contributed by atoms with Gasteiger partial charge in [-0.25, -0.2) is 0 Å². The van der Waals surface area contributed by atoms with E-state index in [0.717, 1.165) is 29.5 Å². The lowest BCUT2D eigenvalue weighted by atomic mass is 10.1. The number of hydrogen-bond acceptors (Lipinski definition) is 3. The van der Waals surface area contributed by atoms with Crippen LogP contribution in [0.5, 0.6) is 0 Å². The number of benzene rings is 1. The fourth-order valence-electron chi connectivity index (χ4n) is 1.50. The molecule has 0 radical (unpaired) electrons. The molecule has 3 heteroatoms. The summed E-state index contributed by atoms with van der Waals surface area (Å²) in [4.78, 5) is 0. The molecule has 0 aliphatic carbocycles. The van der Waals surface area contributed by atoms with E-state index in [0.29, 0.717) is 0 Å². The first-order chi connectivity index (χ1) is 6.92. The standard InChI is InChI=1S/C11H13NOS/c1-14-8-4-6-10-9-5-2-3-7-11(9)13-12-10/h2-3,5,7H,4,6,8H2,1H3. The number of rotatable bonds is 4. The molecule has 14 heavy (non-hydrogen) atoms. The van der Waals surface area contributed by atoms with E-state index in [9.17, 15) is 0 Å². The van der Waals surface area contributed by atoms with Crippen LogP contribution in [0.15, 0.2) is 28.8 Å². The molecule has 0 spiro atoms.